The first-order valence-electron chi connectivity index (χ1n) is 35.8. The molecule has 0 rings (SSSR count). The van der Waals surface area contributed by atoms with Crippen LogP contribution in [0.4, 0.5) is 0 Å². The number of phosphoric acid groups is 2. The van der Waals surface area contributed by atoms with E-state index >= 15 is 0 Å². The first-order valence-corrected chi connectivity index (χ1v) is 38.8. The smallest absolute Gasteiger partial charge is 0.462 e. The van der Waals surface area contributed by atoms with Gasteiger partial charge < -0.3 is 33.8 Å². The van der Waals surface area contributed by atoms with Crippen molar-refractivity contribution in [3.05, 3.63) is 122 Å². The second kappa shape index (κ2) is 67.0. The largest absolute Gasteiger partial charge is 0.472 e. The first-order chi connectivity index (χ1) is 45.7. The SMILES string of the molecule is CC/C=C\C/C=C\C/C=C\C/C=C\C/C=C\CC(=O)OCC(COP(=O)(O)OCC(O)COP(=O)(O)OCC(COC(=O)CCCCCCCCCCCCCCC)OC(=O)CCCCCCCCCCCCC)OC(=O)C/C=C\C/C=C\C/C=C\C/C=C\C/C=C\CC. The molecular formula is C75H126O17P2. The van der Waals surface area contributed by atoms with Crippen LogP contribution in [0.3, 0.4) is 0 Å². The average molecular weight is 1360 g/mol. The molecular weight excluding hydrogens is 1230 g/mol. The molecule has 0 aliphatic heterocycles. The molecule has 0 amide bonds. The van der Waals surface area contributed by atoms with Crippen LogP contribution in [0.2, 0.25) is 0 Å². The fourth-order valence-electron chi connectivity index (χ4n) is 9.13. The lowest BCUT2D eigenvalue weighted by Gasteiger charge is -2.21. The fraction of sp³-hybridized carbons (Fsp3) is 0.680. The lowest BCUT2D eigenvalue weighted by atomic mass is 10.0. The Labute approximate surface area is 568 Å². The minimum absolute atomic E-state index is 0.0923. The molecule has 94 heavy (non-hydrogen) atoms. The van der Waals surface area contributed by atoms with Gasteiger partial charge in [0.25, 0.3) is 0 Å². The third kappa shape index (κ3) is 66.1. The summed E-state index contributed by atoms with van der Waals surface area (Å²) in [5.41, 5.74) is 0. The number of unbranched alkanes of at least 4 members (excludes halogenated alkanes) is 22. The molecule has 0 aromatic carbocycles. The van der Waals surface area contributed by atoms with Crippen molar-refractivity contribution in [1.82, 2.24) is 0 Å². The summed E-state index contributed by atoms with van der Waals surface area (Å²) in [5.74, 6) is -2.47. The number of carbonyl (C=O) groups is 4. The summed E-state index contributed by atoms with van der Waals surface area (Å²) >= 11 is 0. The molecule has 3 N–H and O–H groups in total. The van der Waals surface area contributed by atoms with Crippen LogP contribution in [0, 0.1) is 0 Å². The molecule has 0 saturated carbocycles. The number of carbonyl (C=O) groups excluding carboxylic acids is 4. The summed E-state index contributed by atoms with van der Waals surface area (Å²) in [7, 11) is -9.99. The Hall–Kier alpha value is -4.54. The highest BCUT2D eigenvalue weighted by Gasteiger charge is 2.30. The van der Waals surface area contributed by atoms with E-state index in [9.17, 15) is 43.2 Å². The van der Waals surface area contributed by atoms with Gasteiger partial charge in [-0.15, -0.1) is 0 Å². The van der Waals surface area contributed by atoms with Crippen LogP contribution in [0.5, 0.6) is 0 Å². The zero-order valence-corrected chi connectivity index (χ0v) is 60.1. The Kier molecular flexibility index (Phi) is 63.8. The van der Waals surface area contributed by atoms with E-state index in [1.807, 2.05) is 30.4 Å². The highest BCUT2D eigenvalue weighted by Crippen LogP contribution is 2.45. The maximum Gasteiger partial charge on any atom is 0.472 e. The number of allylic oxidation sites excluding steroid dienone is 18. The van der Waals surface area contributed by atoms with Crippen molar-refractivity contribution in [2.75, 3.05) is 39.6 Å². The molecule has 0 spiro atoms. The number of rotatable bonds is 66. The third-order valence-corrected chi connectivity index (χ3v) is 16.4. The first kappa shape index (κ1) is 89.5. The predicted octanol–water partition coefficient (Wildman–Crippen LogP) is 20.0. The lowest BCUT2D eigenvalue weighted by Crippen LogP contribution is -2.30. The van der Waals surface area contributed by atoms with E-state index in [4.69, 9.17) is 37.0 Å². The second-order valence-electron chi connectivity index (χ2n) is 23.5. The van der Waals surface area contributed by atoms with Crippen LogP contribution >= 0.6 is 15.6 Å². The Morgan fingerprint density at radius 1 is 0.309 bits per heavy atom. The molecule has 5 unspecified atom stereocenters. The molecule has 19 heteroatoms. The molecule has 17 nitrogen and oxygen atoms in total. The van der Waals surface area contributed by atoms with Gasteiger partial charge in [0.15, 0.2) is 12.2 Å². The zero-order chi connectivity index (χ0) is 69.0. The van der Waals surface area contributed by atoms with Crippen LogP contribution in [-0.4, -0.2) is 96.7 Å². The number of phosphoric ester groups is 2. The molecule has 0 bridgehead atoms. The van der Waals surface area contributed by atoms with Crippen LogP contribution in [0.25, 0.3) is 0 Å². The zero-order valence-electron chi connectivity index (χ0n) is 58.3. The second-order valence-corrected chi connectivity index (χ2v) is 26.4. The summed E-state index contributed by atoms with van der Waals surface area (Å²) in [6.45, 7) is 4.39. The topological polar surface area (TPSA) is 237 Å². The Morgan fingerprint density at radius 2 is 0.564 bits per heavy atom. The van der Waals surface area contributed by atoms with Gasteiger partial charge in [0.1, 0.15) is 19.3 Å². The van der Waals surface area contributed by atoms with Gasteiger partial charge in [-0.25, -0.2) is 9.13 Å². The molecule has 0 fully saturated rings. The summed E-state index contributed by atoms with van der Waals surface area (Å²) in [5, 5.41) is 10.6. The van der Waals surface area contributed by atoms with Gasteiger partial charge in [0.05, 0.1) is 39.3 Å². The summed E-state index contributed by atoms with van der Waals surface area (Å²) in [6, 6.07) is 0. The number of aliphatic hydroxyl groups excluding tert-OH is 1. The standard InChI is InChI=1S/C75H126O17P2/c1-5-9-13-17-21-25-29-32-34-37-41-44-48-52-56-60-73(78)86-66-71(92-75(80)62-58-54-50-46-42-38-35-33-30-26-22-18-14-10-6-2)68-90-94(83,84)88-64-69(76)63-87-93(81,82)89-67-70(91-74(79)61-57-53-49-45-39-28-24-20-16-12-8-4)65-85-72(77)59-55-51-47-43-40-36-31-27-23-19-15-11-7-3/h9-10,13-14,21-22,25-26,32-35,41-42,44,46,52,54,56,58,69-71,76H,5-8,11-12,15-20,23-24,27-31,36-40,43,45,47-51,53,55,57,59-68H2,1-4H3,(H,81,82)(H,83,84)/b13-9-,14-10-,25-21-,26-22-,34-32-,35-33-,44-41-,46-42-,56-52-,58-54-. The van der Waals surface area contributed by atoms with E-state index in [0.29, 0.717) is 25.7 Å². The predicted molar refractivity (Wildman–Crippen MR) is 381 cm³/mol. The minimum atomic E-state index is -5.01. The number of aliphatic hydroxyl groups is 1. The van der Waals surface area contributed by atoms with Crippen LogP contribution in [0.15, 0.2) is 122 Å². The van der Waals surface area contributed by atoms with Crippen molar-refractivity contribution in [2.45, 2.75) is 290 Å². The molecule has 0 saturated heterocycles. The number of ether oxygens (including phenoxy) is 4. The maximum atomic E-state index is 13.0. The average Bonchev–Trinajstić information content (AvgIpc) is 1.36. The summed E-state index contributed by atoms with van der Waals surface area (Å²) < 4.78 is 68.0. The van der Waals surface area contributed by atoms with Crippen molar-refractivity contribution >= 4 is 39.5 Å². The number of hydrogen-bond acceptors (Lipinski definition) is 15. The maximum absolute atomic E-state index is 13.0. The molecule has 0 heterocycles. The summed E-state index contributed by atoms with van der Waals surface area (Å²) in [6.07, 6.45) is 71.3. The van der Waals surface area contributed by atoms with Crippen molar-refractivity contribution in [2.24, 2.45) is 0 Å². The van der Waals surface area contributed by atoms with Gasteiger partial charge in [-0.2, -0.15) is 0 Å². The van der Waals surface area contributed by atoms with E-state index in [2.05, 4.69) is 101 Å². The molecule has 0 aromatic rings. The van der Waals surface area contributed by atoms with E-state index in [1.54, 1.807) is 18.2 Å². The number of hydrogen-bond donors (Lipinski definition) is 3. The molecule has 538 valence electrons. The normalized spacial score (nSPS) is 14.8. The summed E-state index contributed by atoms with van der Waals surface area (Å²) in [4.78, 5) is 72.5. The van der Waals surface area contributed by atoms with E-state index in [0.717, 1.165) is 96.3 Å². The molecule has 0 aromatic heterocycles. The van der Waals surface area contributed by atoms with Gasteiger partial charge in [0.2, 0.25) is 0 Å². The van der Waals surface area contributed by atoms with Crippen molar-refractivity contribution in [3.8, 4) is 0 Å². The minimum Gasteiger partial charge on any atom is -0.462 e. The van der Waals surface area contributed by atoms with E-state index in [-0.39, 0.29) is 25.7 Å². The van der Waals surface area contributed by atoms with Crippen LogP contribution in [-0.2, 0) is 65.4 Å². The van der Waals surface area contributed by atoms with E-state index < -0.39 is 97.5 Å². The van der Waals surface area contributed by atoms with Crippen LogP contribution in [0.1, 0.15) is 272 Å². The lowest BCUT2D eigenvalue weighted by molar-refractivity contribution is -0.161. The highest BCUT2D eigenvalue weighted by atomic mass is 31.2. The molecule has 0 aliphatic carbocycles. The van der Waals surface area contributed by atoms with Gasteiger partial charge in [-0.1, -0.05) is 290 Å². The van der Waals surface area contributed by atoms with Gasteiger partial charge >= 0.3 is 39.5 Å². The fourth-order valence-corrected chi connectivity index (χ4v) is 10.7. The van der Waals surface area contributed by atoms with E-state index in [1.165, 1.54) is 96.3 Å². The van der Waals surface area contributed by atoms with Gasteiger partial charge in [-0.05, 0) is 77.0 Å². The highest BCUT2D eigenvalue weighted by molar-refractivity contribution is 7.47. The Morgan fingerprint density at radius 3 is 0.894 bits per heavy atom. The molecule has 5 atom stereocenters. The van der Waals surface area contributed by atoms with Gasteiger partial charge in [0, 0.05) is 12.8 Å². The number of esters is 4. The molecule has 0 radical (unpaired) electrons. The molecule has 0 aliphatic rings. The van der Waals surface area contributed by atoms with Gasteiger partial charge in [-0.3, -0.25) is 37.3 Å². The van der Waals surface area contributed by atoms with Crippen molar-refractivity contribution in [3.63, 3.8) is 0 Å². The van der Waals surface area contributed by atoms with Crippen molar-refractivity contribution < 1.29 is 80.2 Å². The monoisotopic (exact) mass is 1360 g/mol. The Bertz CT molecular complexity index is 2270. The Balaban J connectivity index is 5.47. The van der Waals surface area contributed by atoms with Crippen molar-refractivity contribution in [1.29, 1.82) is 0 Å². The van der Waals surface area contributed by atoms with Crippen LogP contribution < -0.4 is 0 Å². The third-order valence-electron chi connectivity index (χ3n) is 14.5. The quantitative estimate of drug-likeness (QED) is 0.0169.